The van der Waals surface area contributed by atoms with E-state index in [0.717, 1.165) is 38.5 Å². The maximum Gasteiger partial charge on any atom is 0.326 e. The number of rotatable bonds is 2. The number of aliphatic carboxylic acids is 1. The van der Waals surface area contributed by atoms with Crippen LogP contribution in [0.2, 0.25) is 0 Å². The van der Waals surface area contributed by atoms with E-state index in [1.807, 2.05) is 6.92 Å². The van der Waals surface area contributed by atoms with Crippen LogP contribution in [0.5, 0.6) is 0 Å². The molecule has 17 heavy (non-hydrogen) atoms. The van der Waals surface area contributed by atoms with E-state index in [2.05, 4.69) is 0 Å². The Bertz CT molecular complexity index is 310. The second kappa shape index (κ2) is 5.07. The largest absolute Gasteiger partial charge is 0.480 e. The predicted octanol–water partition coefficient (Wildman–Crippen LogP) is 1.89. The lowest BCUT2D eigenvalue weighted by Gasteiger charge is -2.38. The Morgan fingerprint density at radius 2 is 1.76 bits per heavy atom. The number of nitrogens with zero attached hydrogens (tertiary/aromatic N) is 1. The Morgan fingerprint density at radius 1 is 1.12 bits per heavy atom. The molecule has 2 aliphatic rings. The molecule has 1 N–H and O–H groups in total. The van der Waals surface area contributed by atoms with Gasteiger partial charge in [0.2, 0.25) is 5.91 Å². The minimum atomic E-state index is -0.844. The normalized spacial score (nSPS) is 30.5. The molecule has 0 radical (unpaired) electrons. The van der Waals surface area contributed by atoms with Crippen LogP contribution in [0.1, 0.15) is 45.4 Å². The van der Waals surface area contributed by atoms with Crippen molar-refractivity contribution in [3.05, 3.63) is 0 Å². The molecule has 1 aliphatic carbocycles. The fraction of sp³-hybridized carbons (Fsp3) is 0.846. The van der Waals surface area contributed by atoms with Crippen LogP contribution < -0.4 is 0 Å². The molecule has 0 aromatic rings. The monoisotopic (exact) mass is 239 g/mol. The molecule has 2 rings (SSSR count). The van der Waals surface area contributed by atoms with Crippen molar-refractivity contribution in [3.8, 4) is 0 Å². The number of hydrogen-bond donors (Lipinski definition) is 1. The standard InChI is InChI=1S/C13H21NO3/c1-9-5-4-8-14(11(9)13(16)17)12(15)10-6-2-3-7-10/h9-11H,2-8H2,1H3,(H,16,17). The van der Waals surface area contributed by atoms with Gasteiger partial charge in [-0.1, -0.05) is 19.8 Å². The number of piperidine rings is 1. The van der Waals surface area contributed by atoms with Gasteiger partial charge in [-0.25, -0.2) is 4.79 Å². The van der Waals surface area contributed by atoms with Gasteiger partial charge in [-0.2, -0.15) is 0 Å². The van der Waals surface area contributed by atoms with Crippen molar-refractivity contribution < 1.29 is 14.7 Å². The first-order chi connectivity index (χ1) is 8.11. The van der Waals surface area contributed by atoms with Crippen LogP contribution in [0.15, 0.2) is 0 Å². The number of amides is 1. The van der Waals surface area contributed by atoms with Gasteiger partial charge in [0.05, 0.1) is 0 Å². The summed E-state index contributed by atoms with van der Waals surface area (Å²) in [5, 5.41) is 9.28. The third-order valence-electron chi connectivity index (χ3n) is 4.17. The highest BCUT2D eigenvalue weighted by Crippen LogP contribution is 2.31. The molecule has 4 nitrogen and oxygen atoms in total. The summed E-state index contributed by atoms with van der Waals surface area (Å²) in [5.74, 6) is -0.598. The van der Waals surface area contributed by atoms with Crippen LogP contribution >= 0.6 is 0 Å². The van der Waals surface area contributed by atoms with E-state index in [4.69, 9.17) is 0 Å². The number of carboxylic acids is 1. The molecule has 1 saturated carbocycles. The second-order valence-corrected chi connectivity index (χ2v) is 5.42. The highest BCUT2D eigenvalue weighted by molar-refractivity contribution is 5.85. The summed E-state index contributed by atoms with van der Waals surface area (Å²) in [4.78, 5) is 25.3. The van der Waals surface area contributed by atoms with Gasteiger partial charge in [-0.05, 0) is 31.6 Å². The van der Waals surface area contributed by atoms with Gasteiger partial charge < -0.3 is 10.0 Å². The molecule has 0 aromatic carbocycles. The van der Waals surface area contributed by atoms with Crippen LogP contribution in [-0.2, 0) is 9.59 Å². The number of likely N-dealkylation sites (tertiary alicyclic amines) is 1. The van der Waals surface area contributed by atoms with Crippen LogP contribution in [0.25, 0.3) is 0 Å². The summed E-state index contributed by atoms with van der Waals surface area (Å²) in [7, 11) is 0. The van der Waals surface area contributed by atoms with Gasteiger partial charge in [-0.3, -0.25) is 4.79 Å². The molecule has 2 unspecified atom stereocenters. The summed E-state index contributed by atoms with van der Waals surface area (Å²) < 4.78 is 0. The van der Waals surface area contributed by atoms with Crippen molar-refractivity contribution in [2.45, 2.75) is 51.5 Å². The highest BCUT2D eigenvalue weighted by atomic mass is 16.4. The molecular formula is C13H21NO3. The van der Waals surface area contributed by atoms with E-state index in [9.17, 15) is 14.7 Å². The Labute approximate surface area is 102 Å². The van der Waals surface area contributed by atoms with Crippen molar-refractivity contribution in [1.29, 1.82) is 0 Å². The maximum absolute atomic E-state index is 12.3. The SMILES string of the molecule is CC1CCCN(C(=O)C2CCCC2)C1C(=O)O. The second-order valence-electron chi connectivity index (χ2n) is 5.42. The third kappa shape index (κ3) is 2.45. The van der Waals surface area contributed by atoms with Gasteiger partial charge in [0.25, 0.3) is 0 Å². The Hall–Kier alpha value is -1.06. The number of carboxylic acid groups (broad SMARTS) is 1. The molecule has 1 saturated heterocycles. The van der Waals surface area contributed by atoms with Crippen LogP contribution in [-0.4, -0.2) is 34.5 Å². The molecule has 96 valence electrons. The van der Waals surface area contributed by atoms with E-state index in [1.165, 1.54) is 0 Å². The first-order valence-corrected chi connectivity index (χ1v) is 6.64. The fourth-order valence-electron chi connectivity index (χ4n) is 3.22. The van der Waals surface area contributed by atoms with Crippen molar-refractivity contribution >= 4 is 11.9 Å². The lowest BCUT2D eigenvalue weighted by atomic mass is 9.89. The maximum atomic E-state index is 12.3. The molecule has 1 amide bonds. The molecular weight excluding hydrogens is 218 g/mol. The summed E-state index contributed by atoms with van der Waals surface area (Å²) in [6.07, 6.45) is 5.94. The topological polar surface area (TPSA) is 57.6 Å². The Kier molecular flexibility index (Phi) is 3.69. The van der Waals surface area contributed by atoms with Crippen LogP contribution in [0.4, 0.5) is 0 Å². The van der Waals surface area contributed by atoms with E-state index in [1.54, 1.807) is 4.90 Å². The van der Waals surface area contributed by atoms with Crippen LogP contribution in [0, 0.1) is 11.8 Å². The summed E-state index contributed by atoms with van der Waals surface area (Å²) in [6.45, 7) is 2.56. The van der Waals surface area contributed by atoms with Crippen molar-refractivity contribution in [2.24, 2.45) is 11.8 Å². The average molecular weight is 239 g/mol. The first-order valence-electron chi connectivity index (χ1n) is 6.64. The lowest BCUT2D eigenvalue weighted by molar-refractivity contribution is -0.156. The molecule has 1 aliphatic heterocycles. The van der Waals surface area contributed by atoms with Crippen molar-refractivity contribution in [2.75, 3.05) is 6.54 Å². The number of hydrogen-bond acceptors (Lipinski definition) is 2. The van der Waals surface area contributed by atoms with E-state index >= 15 is 0 Å². The summed E-state index contributed by atoms with van der Waals surface area (Å²) >= 11 is 0. The molecule has 0 aromatic heterocycles. The predicted molar refractivity (Wildman–Crippen MR) is 63.5 cm³/mol. The fourth-order valence-corrected chi connectivity index (χ4v) is 3.22. The molecule has 2 atom stereocenters. The average Bonchev–Trinajstić information content (AvgIpc) is 2.80. The Morgan fingerprint density at radius 3 is 2.35 bits per heavy atom. The molecule has 0 spiro atoms. The van der Waals surface area contributed by atoms with Gasteiger partial charge in [0.15, 0.2) is 0 Å². The lowest BCUT2D eigenvalue weighted by Crippen LogP contribution is -2.53. The number of carbonyl (C=O) groups is 2. The minimum absolute atomic E-state index is 0.0756. The number of carbonyl (C=O) groups excluding carboxylic acids is 1. The first kappa shape index (κ1) is 12.4. The smallest absolute Gasteiger partial charge is 0.326 e. The Balaban J connectivity index is 2.10. The molecule has 0 bridgehead atoms. The summed E-state index contributed by atoms with van der Waals surface area (Å²) in [5.41, 5.74) is 0. The van der Waals surface area contributed by atoms with E-state index in [-0.39, 0.29) is 17.7 Å². The summed E-state index contributed by atoms with van der Waals surface area (Å²) in [6, 6.07) is -0.600. The van der Waals surface area contributed by atoms with Gasteiger partial charge >= 0.3 is 5.97 Å². The minimum Gasteiger partial charge on any atom is -0.480 e. The molecule has 2 fully saturated rings. The molecule has 4 heteroatoms. The van der Waals surface area contributed by atoms with Gasteiger partial charge in [0, 0.05) is 12.5 Å². The van der Waals surface area contributed by atoms with Crippen molar-refractivity contribution in [3.63, 3.8) is 0 Å². The van der Waals surface area contributed by atoms with Crippen molar-refractivity contribution in [1.82, 2.24) is 4.90 Å². The zero-order valence-corrected chi connectivity index (χ0v) is 10.4. The quantitative estimate of drug-likeness (QED) is 0.800. The zero-order valence-electron chi connectivity index (χ0n) is 10.4. The van der Waals surface area contributed by atoms with E-state index < -0.39 is 12.0 Å². The van der Waals surface area contributed by atoms with Gasteiger partial charge in [-0.15, -0.1) is 0 Å². The highest BCUT2D eigenvalue weighted by Gasteiger charge is 2.39. The third-order valence-corrected chi connectivity index (χ3v) is 4.17. The molecule has 1 heterocycles. The van der Waals surface area contributed by atoms with Crippen LogP contribution in [0.3, 0.4) is 0 Å². The van der Waals surface area contributed by atoms with E-state index in [0.29, 0.717) is 6.54 Å². The van der Waals surface area contributed by atoms with Gasteiger partial charge in [0.1, 0.15) is 6.04 Å². The zero-order chi connectivity index (χ0) is 12.4.